The van der Waals surface area contributed by atoms with Gasteiger partial charge in [-0.25, -0.2) is 9.13 Å². The van der Waals surface area contributed by atoms with Crippen LogP contribution in [0.25, 0.3) is 11.0 Å². The van der Waals surface area contributed by atoms with Gasteiger partial charge in [0.05, 0.1) is 13.7 Å². The van der Waals surface area contributed by atoms with E-state index in [2.05, 4.69) is 28.2 Å². The SMILES string of the molecule is CCn1c[n+](CC(O)COc2ccc(OC)cc2)c2ccccc21. The molecule has 0 saturated carbocycles. The van der Waals surface area contributed by atoms with Gasteiger partial charge in [-0.1, -0.05) is 12.1 Å². The summed E-state index contributed by atoms with van der Waals surface area (Å²) in [6, 6.07) is 15.6. The number of hydrogen-bond donors (Lipinski definition) is 1. The van der Waals surface area contributed by atoms with Crippen LogP contribution in [-0.2, 0) is 13.1 Å². The molecule has 0 fully saturated rings. The summed E-state index contributed by atoms with van der Waals surface area (Å²) < 4.78 is 15.0. The Morgan fingerprint density at radius 1 is 1.08 bits per heavy atom. The first-order valence-corrected chi connectivity index (χ1v) is 8.13. The molecule has 0 aliphatic rings. The number of ether oxygens (including phenoxy) is 2. The maximum absolute atomic E-state index is 10.3. The number of aliphatic hydroxyl groups excluding tert-OH is 1. The van der Waals surface area contributed by atoms with Crippen LogP contribution in [0.5, 0.6) is 11.5 Å². The number of aliphatic hydroxyl groups is 1. The van der Waals surface area contributed by atoms with E-state index in [4.69, 9.17) is 9.47 Å². The van der Waals surface area contributed by atoms with Gasteiger partial charge in [0.1, 0.15) is 30.8 Å². The van der Waals surface area contributed by atoms with Crippen LogP contribution in [0.2, 0.25) is 0 Å². The third-order valence-electron chi connectivity index (χ3n) is 4.03. The molecule has 3 aromatic rings. The van der Waals surface area contributed by atoms with Crippen molar-refractivity contribution in [2.24, 2.45) is 0 Å². The average molecular weight is 327 g/mol. The molecule has 126 valence electrons. The Labute approximate surface area is 141 Å². The fraction of sp³-hybridized carbons (Fsp3) is 0.316. The van der Waals surface area contributed by atoms with E-state index in [1.54, 1.807) is 7.11 Å². The second kappa shape index (κ2) is 7.36. The fourth-order valence-corrected chi connectivity index (χ4v) is 2.78. The monoisotopic (exact) mass is 327 g/mol. The number of nitrogens with zero attached hydrogens (tertiary/aromatic N) is 2. The highest BCUT2D eigenvalue weighted by Gasteiger charge is 2.17. The van der Waals surface area contributed by atoms with Gasteiger partial charge >= 0.3 is 0 Å². The smallest absolute Gasteiger partial charge is 0.244 e. The van der Waals surface area contributed by atoms with Crippen molar-refractivity contribution in [1.29, 1.82) is 0 Å². The van der Waals surface area contributed by atoms with Crippen molar-refractivity contribution in [3.8, 4) is 11.5 Å². The zero-order valence-electron chi connectivity index (χ0n) is 14.1. The second-order valence-electron chi connectivity index (χ2n) is 5.68. The molecule has 1 unspecified atom stereocenters. The molecule has 0 aliphatic carbocycles. The standard InChI is InChI=1S/C19H23N2O3/c1-3-20-14-21(19-7-5-4-6-18(19)20)12-15(22)13-24-17-10-8-16(23-2)9-11-17/h4-11,14-15,22H,3,12-13H2,1-2H3/q+1. The number of imidazole rings is 1. The minimum atomic E-state index is -0.590. The summed E-state index contributed by atoms with van der Waals surface area (Å²) in [7, 11) is 1.63. The highest BCUT2D eigenvalue weighted by atomic mass is 16.5. The van der Waals surface area contributed by atoms with Crippen molar-refractivity contribution < 1.29 is 19.1 Å². The van der Waals surface area contributed by atoms with Crippen molar-refractivity contribution in [1.82, 2.24) is 4.57 Å². The van der Waals surface area contributed by atoms with Gasteiger partial charge in [-0.15, -0.1) is 0 Å². The van der Waals surface area contributed by atoms with Gasteiger partial charge in [0, 0.05) is 0 Å². The number of aryl methyl sites for hydroxylation is 1. The van der Waals surface area contributed by atoms with E-state index in [0.29, 0.717) is 6.54 Å². The molecule has 0 saturated heterocycles. The first-order chi connectivity index (χ1) is 11.7. The van der Waals surface area contributed by atoms with Gasteiger partial charge in [0.15, 0.2) is 11.0 Å². The zero-order valence-corrected chi connectivity index (χ0v) is 14.1. The minimum absolute atomic E-state index is 0.241. The van der Waals surface area contributed by atoms with Crippen molar-refractivity contribution in [3.05, 3.63) is 54.9 Å². The molecule has 0 radical (unpaired) electrons. The number of para-hydroxylation sites is 2. The summed E-state index contributed by atoms with van der Waals surface area (Å²) >= 11 is 0. The maximum Gasteiger partial charge on any atom is 0.244 e. The number of benzene rings is 2. The molecule has 0 bridgehead atoms. The van der Waals surface area contributed by atoms with Crippen LogP contribution in [-0.4, -0.2) is 29.5 Å². The molecule has 1 heterocycles. The quantitative estimate of drug-likeness (QED) is 0.678. The normalized spacial score (nSPS) is 12.3. The lowest BCUT2D eigenvalue weighted by atomic mass is 10.3. The number of aromatic nitrogens is 2. The second-order valence-corrected chi connectivity index (χ2v) is 5.68. The summed E-state index contributed by atoms with van der Waals surface area (Å²) in [5.74, 6) is 1.50. The number of hydrogen-bond acceptors (Lipinski definition) is 3. The van der Waals surface area contributed by atoms with E-state index in [1.807, 2.05) is 42.7 Å². The van der Waals surface area contributed by atoms with Crippen LogP contribution < -0.4 is 14.0 Å². The Bertz CT molecular complexity index is 796. The van der Waals surface area contributed by atoms with Gasteiger partial charge in [0.2, 0.25) is 6.33 Å². The molecule has 2 aromatic carbocycles. The van der Waals surface area contributed by atoms with Gasteiger partial charge < -0.3 is 14.6 Å². The lowest BCUT2D eigenvalue weighted by molar-refractivity contribution is -0.679. The van der Waals surface area contributed by atoms with E-state index in [-0.39, 0.29) is 6.61 Å². The predicted octanol–water partition coefficient (Wildman–Crippen LogP) is 2.40. The number of methoxy groups -OCH3 is 1. The lowest BCUT2D eigenvalue weighted by Crippen LogP contribution is -2.41. The molecule has 3 rings (SSSR count). The van der Waals surface area contributed by atoms with E-state index in [0.717, 1.165) is 23.6 Å². The molecular weight excluding hydrogens is 304 g/mol. The highest BCUT2D eigenvalue weighted by Crippen LogP contribution is 2.17. The van der Waals surface area contributed by atoms with E-state index < -0.39 is 6.10 Å². The van der Waals surface area contributed by atoms with Crippen LogP contribution >= 0.6 is 0 Å². The highest BCUT2D eigenvalue weighted by molar-refractivity contribution is 5.71. The Hall–Kier alpha value is -2.53. The molecule has 0 spiro atoms. The largest absolute Gasteiger partial charge is 0.497 e. The van der Waals surface area contributed by atoms with Crippen LogP contribution in [0.4, 0.5) is 0 Å². The van der Waals surface area contributed by atoms with Crippen molar-refractivity contribution >= 4 is 11.0 Å². The van der Waals surface area contributed by atoms with Crippen LogP contribution in [0.3, 0.4) is 0 Å². The molecular formula is C19H23N2O3+. The van der Waals surface area contributed by atoms with Gasteiger partial charge in [-0.3, -0.25) is 0 Å². The Morgan fingerprint density at radius 3 is 2.50 bits per heavy atom. The Kier molecular flexibility index (Phi) is 5.01. The lowest BCUT2D eigenvalue weighted by Gasteiger charge is -2.11. The molecule has 5 nitrogen and oxygen atoms in total. The summed E-state index contributed by atoms with van der Waals surface area (Å²) in [4.78, 5) is 0. The molecule has 0 amide bonds. The predicted molar refractivity (Wildman–Crippen MR) is 92.3 cm³/mol. The van der Waals surface area contributed by atoms with E-state index >= 15 is 0 Å². The third kappa shape index (κ3) is 3.51. The molecule has 24 heavy (non-hydrogen) atoms. The van der Waals surface area contributed by atoms with Crippen LogP contribution in [0.15, 0.2) is 54.9 Å². The first-order valence-electron chi connectivity index (χ1n) is 8.13. The fourth-order valence-electron chi connectivity index (χ4n) is 2.78. The average Bonchev–Trinajstić information content (AvgIpc) is 2.98. The van der Waals surface area contributed by atoms with Crippen molar-refractivity contribution in [2.75, 3.05) is 13.7 Å². The summed E-state index contributed by atoms with van der Waals surface area (Å²) in [5, 5.41) is 10.3. The van der Waals surface area contributed by atoms with Gasteiger partial charge in [-0.05, 0) is 43.3 Å². The van der Waals surface area contributed by atoms with Crippen molar-refractivity contribution in [2.45, 2.75) is 26.1 Å². The summed E-state index contributed by atoms with van der Waals surface area (Å²) in [6.07, 6.45) is 1.45. The minimum Gasteiger partial charge on any atom is -0.497 e. The molecule has 1 atom stereocenters. The van der Waals surface area contributed by atoms with Crippen molar-refractivity contribution in [3.63, 3.8) is 0 Å². The Balaban J connectivity index is 1.65. The van der Waals surface area contributed by atoms with Crippen LogP contribution in [0.1, 0.15) is 6.92 Å². The number of rotatable bonds is 7. The molecule has 1 N–H and O–H groups in total. The molecule has 5 heteroatoms. The molecule has 0 aliphatic heterocycles. The maximum atomic E-state index is 10.3. The van der Waals surface area contributed by atoms with E-state index in [9.17, 15) is 5.11 Å². The van der Waals surface area contributed by atoms with Gasteiger partial charge in [0.25, 0.3) is 0 Å². The third-order valence-corrected chi connectivity index (χ3v) is 4.03. The first kappa shape index (κ1) is 16.3. The zero-order chi connectivity index (χ0) is 16.9. The summed E-state index contributed by atoms with van der Waals surface area (Å²) in [5.41, 5.74) is 2.28. The molecule has 1 aromatic heterocycles. The van der Waals surface area contributed by atoms with Crippen LogP contribution in [0, 0.1) is 0 Å². The van der Waals surface area contributed by atoms with Gasteiger partial charge in [-0.2, -0.15) is 0 Å². The van der Waals surface area contributed by atoms with E-state index in [1.165, 1.54) is 5.52 Å². The Morgan fingerprint density at radius 2 is 1.79 bits per heavy atom. The number of fused-ring (bicyclic) bond motifs is 1. The topological polar surface area (TPSA) is 47.5 Å². The summed E-state index contributed by atoms with van der Waals surface area (Å²) in [6.45, 7) is 3.74.